The van der Waals surface area contributed by atoms with E-state index in [1.54, 1.807) is 0 Å². The first-order valence-corrected chi connectivity index (χ1v) is 9.75. The number of anilines is 1. The van der Waals surface area contributed by atoms with Crippen LogP contribution in [0.15, 0.2) is 84.9 Å². The van der Waals surface area contributed by atoms with Gasteiger partial charge in [0.15, 0.2) is 0 Å². The summed E-state index contributed by atoms with van der Waals surface area (Å²) in [6.45, 7) is 0. The fourth-order valence-electron chi connectivity index (χ4n) is 3.89. The maximum atomic E-state index is 6.69. The lowest BCUT2D eigenvalue weighted by molar-refractivity contribution is 0.999. The standard InChI is InChI=1S/C24H18N6/c25-22-16(23-26-17-10-4-5-11-18(17)27-23)14-21(15-8-2-1-3-9-15)30(22)24-28-19-12-6-7-13-20(19)29-24/h1-14H,25H2,(H,26,27)(H,28,29). The van der Waals surface area contributed by atoms with Gasteiger partial charge in [-0.3, -0.25) is 4.57 Å². The van der Waals surface area contributed by atoms with E-state index in [1.165, 1.54) is 0 Å². The van der Waals surface area contributed by atoms with Crippen LogP contribution in [0.25, 0.3) is 50.7 Å². The number of hydrogen-bond acceptors (Lipinski definition) is 3. The number of hydrogen-bond donors (Lipinski definition) is 3. The molecule has 0 aliphatic carbocycles. The number of para-hydroxylation sites is 4. The zero-order valence-corrected chi connectivity index (χ0v) is 16.0. The van der Waals surface area contributed by atoms with Crippen LogP contribution in [0, 0.1) is 0 Å². The molecule has 0 radical (unpaired) electrons. The Morgan fingerprint density at radius 1 is 0.700 bits per heavy atom. The van der Waals surface area contributed by atoms with Gasteiger partial charge < -0.3 is 15.7 Å². The van der Waals surface area contributed by atoms with E-state index in [9.17, 15) is 0 Å². The predicted octanol–water partition coefficient (Wildman–Crippen LogP) is 5.15. The van der Waals surface area contributed by atoms with Crippen molar-refractivity contribution >= 4 is 27.9 Å². The molecule has 6 aromatic rings. The molecule has 144 valence electrons. The second kappa shape index (κ2) is 6.35. The van der Waals surface area contributed by atoms with Crippen molar-refractivity contribution in [2.24, 2.45) is 0 Å². The van der Waals surface area contributed by atoms with Crippen molar-refractivity contribution in [3.05, 3.63) is 84.9 Å². The molecule has 0 aliphatic heterocycles. The minimum absolute atomic E-state index is 0.576. The molecule has 4 N–H and O–H groups in total. The van der Waals surface area contributed by atoms with Crippen LogP contribution in [-0.4, -0.2) is 24.5 Å². The van der Waals surface area contributed by atoms with Crippen LogP contribution in [0.2, 0.25) is 0 Å². The fraction of sp³-hybridized carbons (Fsp3) is 0. The summed E-state index contributed by atoms with van der Waals surface area (Å²) in [4.78, 5) is 16.3. The van der Waals surface area contributed by atoms with E-state index in [-0.39, 0.29) is 0 Å². The first kappa shape index (κ1) is 16.6. The molecule has 0 aliphatic rings. The number of aromatic amines is 2. The van der Waals surface area contributed by atoms with Gasteiger partial charge in [0, 0.05) is 0 Å². The van der Waals surface area contributed by atoms with E-state index in [0.29, 0.717) is 11.8 Å². The highest BCUT2D eigenvalue weighted by atomic mass is 15.2. The predicted molar refractivity (Wildman–Crippen MR) is 120 cm³/mol. The zero-order chi connectivity index (χ0) is 20.1. The van der Waals surface area contributed by atoms with Gasteiger partial charge in [0.1, 0.15) is 11.6 Å². The maximum absolute atomic E-state index is 6.69. The molecule has 6 heteroatoms. The number of H-pyrrole nitrogens is 2. The molecule has 0 saturated heterocycles. The van der Waals surface area contributed by atoms with Gasteiger partial charge in [-0.2, -0.15) is 0 Å². The third-order valence-corrected chi connectivity index (χ3v) is 5.34. The summed E-state index contributed by atoms with van der Waals surface area (Å²) >= 11 is 0. The van der Waals surface area contributed by atoms with E-state index in [0.717, 1.165) is 44.7 Å². The Balaban J connectivity index is 1.62. The minimum atomic E-state index is 0.576. The Bertz CT molecular complexity index is 1440. The second-order valence-corrected chi connectivity index (χ2v) is 7.21. The molecule has 3 aromatic heterocycles. The molecule has 0 unspecified atom stereocenters. The molecular weight excluding hydrogens is 372 g/mol. The Kier molecular flexibility index (Phi) is 3.52. The van der Waals surface area contributed by atoms with Gasteiger partial charge in [0.25, 0.3) is 0 Å². The number of fused-ring (bicyclic) bond motifs is 2. The zero-order valence-electron chi connectivity index (χ0n) is 16.0. The largest absolute Gasteiger partial charge is 0.384 e. The molecule has 0 atom stereocenters. The number of nitrogens with one attached hydrogen (secondary N) is 2. The summed E-state index contributed by atoms with van der Waals surface area (Å²) in [6.07, 6.45) is 0. The quantitative estimate of drug-likeness (QED) is 0.391. The topological polar surface area (TPSA) is 88.3 Å². The molecule has 0 amide bonds. The number of aromatic nitrogens is 5. The van der Waals surface area contributed by atoms with Crippen molar-refractivity contribution in [2.45, 2.75) is 0 Å². The van der Waals surface area contributed by atoms with E-state index in [4.69, 9.17) is 15.7 Å². The SMILES string of the molecule is Nc1c(-c2nc3ccccc3[nH]2)cc(-c2ccccc2)n1-c1nc2ccccc2[nH]1. The van der Waals surface area contributed by atoms with Crippen LogP contribution in [0.3, 0.4) is 0 Å². The molecule has 6 nitrogen and oxygen atoms in total. The Morgan fingerprint density at radius 2 is 1.33 bits per heavy atom. The van der Waals surface area contributed by atoms with Crippen LogP contribution in [0.1, 0.15) is 0 Å². The van der Waals surface area contributed by atoms with Crippen LogP contribution < -0.4 is 5.73 Å². The molecule has 6 rings (SSSR count). The van der Waals surface area contributed by atoms with Gasteiger partial charge in [0.05, 0.1) is 33.3 Å². The smallest absolute Gasteiger partial charge is 0.214 e. The van der Waals surface area contributed by atoms with Gasteiger partial charge in [0.2, 0.25) is 5.95 Å². The second-order valence-electron chi connectivity index (χ2n) is 7.21. The summed E-state index contributed by atoms with van der Waals surface area (Å²) < 4.78 is 1.96. The summed E-state index contributed by atoms with van der Waals surface area (Å²) in [5, 5.41) is 0. The number of rotatable bonds is 3. The van der Waals surface area contributed by atoms with Crippen LogP contribution in [0.5, 0.6) is 0 Å². The molecule has 3 heterocycles. The highest BCUT2D eigenvalue weighted by molar-refractivity contribution is 5.86. The maximum Gasteiger partial charge on any atom is 0.214 e. The lowest BCUT2D eigenvalue weighted by Gasteiger charge is -2.08. The molecule has 0 bridgehead atoms. The average Bonchev–Trinajstić information content (AvgIpc) is 3.48. The van der Waals surface area contributed by atoms with Crippen molar-refractivity contribution in [2.75, 3.05) is 5.73 Å². The molecule has 0 fully saturated rings. The summed E-state index contributed by atoms with van der Waals surface area (Å²) in [5.74, 6) is 1.99. The van der Waals surface area contributed by atoms with Gasteiger partial charge in [-0.15, -0.1) is 0 Å². The lowest BCUT2D eigenvalue weighted by atomic mass is 10.1. The molecule has 3 aromatic carbocycles. The highest BCUT2D eigenvalue weighted by Gasteiger charge is 2.21. The number of nitrogens with two attached hydrogens (primary N) is 1. The average molecular weight is 390 g/mol. The van der Waals surface area contributed by atoms with E-state index in [2.05, 4.69) is 28.2 Å². The van der Waals surface area contributed by atoms with Crippen LogP contribution in [0.4, 0.5) is 5.82 Å². The van der Waals surface area contributed by atoms with Crippen LogP contribution >= 0.6 is 0 Å². The number of nitrogen functional groups attached to an aromatic ring is 1. The molecular formula is C24H18N6. The lowest BCUT2D eigenvalue weighted by Crippen LogP contribution is -2.04. The van der Waals surface area contributed by atoms with Gasteiger partial charge >= 0.3 is 0 Å². The first-order chi connectivity index (χ1) is 14.8. The van der Waals surface area contributed by atoms with Gasteiger partial charge in [-0.05, 0) is 35.9 Å². The van der Waals surface area contributed by atoms with E-state index in [1.807, 2.05) is 71.3 Å². The summed E-state index contributed by atoms with van der Waals surface area (Å²) in [5.41, 5.74) is 13.3. The number of benzene rings is 3. The van der Waals surface area contributed by atoms with Crippen molar-refractivity contribution in [3.63, 3.8) is 0 Å². The van der Waals surface area contributed by atoms with Crippen molar-refractivity contribution in [1.29, 1.82) is 0 Å². The Hall–Kier alpha value is -4.32. The number of imidazole rings is 2. The minimum Gasteiger partial charge on any atom is -0.384 e. The van der Waals surface area contributed by atoms with E-state index >= 15 is 0 Å². The normalized spacial score (nSPS) is 11.5. The van der Waals surface area contributed by atoms with E-state index < -0.39 is 0 Å². The summed E-state index contributed by atoms with van der Waals surface area (Å²) in [6, 6.07) is 28.1. The number of nitrogens with zero attached hydrogens (tertiary/aromatic N) is 3. The summed E-state index contributed by atoms with van der Waals surface area (Å²) in [7, 11) is 0. The van der Waals surface area contributed by atoms with Crippen molar-refractivity contribution in [3.8, 4) is 28.6 Å². The molecule has 30 heavy (non-hydrogen) atoms. The third-order valence-electron chi connectivity index (χ3n) is 5.34. The third kappa shape index (κ3) is 2.51. The molecule has 0 saturated carbocycles. The van der Waals surface area contributed by atoms with Crippen molar-refractivity contribution in [1.82, 2.24) is 24.5 Å². The Morgan fingerprint density at radius 3 is 2.03 bits per heavy atom. The monoisotopic (exact) mass is 390 g/mol. The van der Waals surface area contributed by atoms with Gasteiger partial charge in [-0.25, -0.2) is 9.97 Å². The first-order valence-electron chi connectivity index (χ1n) is 9.75. The fourth-order valence-corrected chi connectivity index (χ4v) is 3.89. The van der Waals surface area contributed by atoms with Crippen LogP contribution in [-0.2, 0) is 0 Å². The van der Waals surface area contributed by atoms with Gasteiger partial charge in [-0.1, -0.05) is 54.6 Å². The molecule has 0 spiro atoms. The highest BCUT2D eigenvalue weighted by Crippen LogP contribution is 2.36. The van der Waals surface area contributed by atoms with Crippen molar-refractivity contribution < 1.29 is 0 Å². The Labute approximate surface area is 172 Å².